The summed E-state index contributed by atoms with van der Waals surface area (Å²) in [4.78, 5) is 16.1. The molecule has 2 atom stereocenters. The van der Waals surface area contributed by atoms with Gasteiger partial charge in [-0.15, -0.1) is 11.8 Å². The van der Waals surface area contributed by atoms with Crippen LogP contribution < -0.4 is 4.90 Å². The van der Waals surface area contributed by atoms with Crippen molar-refractivity contribution >= 4 is 23.4 Å². The molecule has 3 heteroatoms. The number of fused-ring (bicyclic) bond motifs is 1. The molecule has 0 aromatic heterocycles. The first-order valence-electron chi connectivity index (χ1n) is 8.12. The van der Waals surface area contributed by atoms with E-state index in [0.717, 1.165) is 17.0 Å². The quantitative estimate of drug-likeness (QED) is 0.758. The lowest BCUT2D eigenvalue weighted by Crippen LogP contribution is -2.40. The summed E-state index contributed by atoms with van der Waals surface area (Å²) in [6, 6.07) is 14.9. The fourth-order valence-electron chi connectivity index (χ4n) is 3.14. The number of amides is 1. The van der Waals surface area contributed by atoms with Gasteiger partial charge in [0, 0.05) is 16.6 Å². The van der Waals surface area contributed by atoms with Crippen LogP contribution in [0.5, 0.6) is 0 Å². The maximum Gasteiger partial charge on any atom is 0.240 e. The second-order valence-corrected chi connectivity index (χ2v) is 7.81. The molecule has 0 N–H and O–H groups in total. The van der Waals surface area contributed by atoms with Gasteiger partial charge in [0.15, 0.2) is 0 Å². The zero-order chi connectivity index (χ0) is 16.6. The molecule has 0 bridgehead atoms. The molecule has 1 aliphatic rings. The Balaban J connectivity index is 1.78. The highest BCUT2D eigenvalue weighted by Gasteiger charge is 2.33. The van der Waals surface area contributed by atoms with Crippen LogP contribution in [0.1, 0.15) is 30.5 Å². The van der Waals surface area contributed by atoms with Crippen molar-refractivity contribution in [3.63, 3.8) is 0 Å². The molecule has 0 unspecified atom stereocenters. The van der Waals surface area contributed by atoms with Crippen molar-refractivity contribution in [1.29, 1.82) is 0 Å². The Bertz CT molecular complexity index is 740. The smallest absolute Gasteiger partial charge is 0.240 e. The number of thioether (sulfide) groups is 1. The molecule has 0 spiro atoms. The summed E-state index contributed by atoms with van der Waals surface area (Å²) in [5.41, 5.74) is 4.92. The predicted octanol–water partition coefficient (Wildman–Crippen LogP) is 4.76. The Morgan fingerprint density at radius 1 is 1.17 bits per heavy atom. The van der Waals surface area contributed by atoms with Crippen molar-refractivity contribution in [2.24, 2.45) is 0 Å². The molecular weight excluding hydrogens is 302 g/mol. The van der Waals surface area contributed by atoms with Crippen LogP contribution in [-0.2, 0) is 11.2 Å². The van der Waals surface area contributed by atoms with Crippen molar-refractivity contribution in [3.05, 3.63) is 59.2 Å². The molecule has 0 saturated heterocycles. The van der Waals surface area contributed by atoms with Gasteiger partial charge in [-0.1, -0.05) is 24.3 Å². The van der Waals surface area contributed by atoms with Crippen LogP contribution in [0.4, 0.5) is 5.69 Å². The van der Waals surface area contributed by atoms with E-state index in [1.165, 1.54) is 16.7 Å². The van der Waals surface area contributed by atoms with E-state index in [0.29, 0.717) is 0 Å². The van der Waals surface area contributed by atoms with E-state index >= 15 is 0 Å². The summed E-state index contributed by atoms with van der Waals surface area (Å²) in [6.07, 6.45) is 0.947. The second-order valence-electron chi connectivity index (χ2n) is 6.40. The highest BCUT2D eigenvalue weighted by molar-refractivity contribution is 8.00. The van der Waals surface area contributed by atoms with Crippen molar-refractivity contribution in [3.8, 4) is 0 Å². The van der Waals surface area contributed by atoms with E-state index in [4.69, 9.17) is 0 Å². The molecule has 0 aliphatic carbocycles. The van der Waals surface area contributed by atoms with Crippen LogP contribution in [0, 0.1) is 13.8 Å². The van der Waals surface area contributed by atoms with Gasteiger partial charge in [0.05, 0.1) is 5.25 Å². The fourth-order valence-corrected chi connectivity index (χ4v) is 4.15. The van der Waals surface area contributed by atoms with Gasteiger partial charge < -0.3 is 4.90 Å². The minimum absolute atomic E-state index is 0.0919. The second kappa shape index (κ2) is 6.40. The van der Waals surface area contributed by atoms with Crippen molar-refractivity contribution in [2.75, 3.05) is 4.90 Å². The highest BCUT2D eigenvalue weighted by atomic mass is 32.2. The Labute approximate surface area is 142 Å². The monoisotopic (exact) mass is 325 g/mol. The number of para-hydroxylation sites is 1. The average molecular weight is 325 g/mol. The first-order valence-corrected chi connectivity index (χ1v) is 9.00. The average Bonchev–Trinajstić information content (AvgIpc) is 2.86. The van der Waals surface area contributed by atoms with E-state index in [2.05, 4.69) is 51.1 Å². The number of hydrogen-bond acceptors (Lipinski definition) is 2. The van der Waals surface area contributed by atoms with Gasteiger partial charge in [0.2, 0.25) is 5.91 Å². The fraction of sp³-hybridized carbons (Fsp3) is 0.350. The van der Waals surface area contributed by atoms with Crippen LogP contribution in [0.25, 0.3) is 0 Å². The summed E-state index contributed by atoms with van der Waals surface area (Å²) in [5.74, 6) is 0.200. The van der Waals surface area contributed by atoms with Crippen LogP contribution in [0.2, 0.25) is 0 Å². The number of aryl methyl sites for hydroxylation is 2. The van der Waals surface area contributed by atoms with Gasteiger partial charge >= 0.3 is 0 Å². The zero-order valence-corrected chi connectivity index (χ0v) is 15.0. The topological polar surface area (TPSA) is 20.3 Å². The molecule has 1 aliphatic heterocycles. The lowest BCUT2D eigenvalue weighted by atomic mass is 10.1. The highest BCUT2D eigenvalue weighted by Crippen LogP contribution is 2.35. The van der Waals surface area contributed by atoms with E-state index in [1.807, 2.05) is 24.0 Å². The minimum atomic E-state index is -0.0919. The Morgan fingerprint density at radius 2 is 1.91 bits per heavy atom. The zero-order valence-electron chi connectivity index (χ0n) is 14.2. The van der Waals surface area contributed by atoms with E-state index in [9.17, 15) is 4.79 Å². The SMILES string of the molecule is Cc1ccc(S[C@@H](C)C(=O)N2c3ccccc3C[C@@H]2C)cc1C. The first-order chi connectivity index (χ1) is 11.0. The van der Waals surface area contributed by atoms with Gasteiger partial charge in [-0.05, 0) is 69.0 Å². The molecule has 23 heavy (non-hydrogen) atoms. The number of carbonyl (C=O) groups excluding carboxylic acids is 1. The van der Waals surface area contributed by atoms with E-state index in [1.54, 1.807) is 11.8 Å². The number of nitrogens with zero attached hydrogens (tertiary/aromatic N) is 1. The van der Waals surface area contributed by atoms with Gasteiger partial charge in [0.25, 0.3) is 0 Å². The lowest BCUT2D eigenvalue weighted by molar-refractivity contribution is -0.118. The van der Waals surface area contributed by atoms with Gasteiger partial charge in [0.1, 0.15) is 0 Å². The Morgan fingerprint density at radius 3 is 2.65 bits per heavy atom. The molecular formula is C20H23NOS. The molecule has 120 valence electrons. The van der Waals surface area contributed by atoms with Crippen molar-refractivity contribution in [2.45, 2.75) is 50.3 Å². The summed E-state index contributed by atoms with van der Waals surface area (Å²) >= 11 is 1.65. The standard InChI is InChI=1S/C20H23NOS/c1-13-9-10-18(11-14(13)2)23-16(4)20(22)21-15(3)12-17-7-5-6-8-19(17)21/h5-11,15-16H,12H2,1-4H3/t15-,16-/m0/s1. The van der Waals surface area contributed by atoms with Crippen LogP contribution in [0.15, 0.2) is 47.4 Å². The summed E-state index contributed by atoms with van der Waals surface area (Å²) in [5, 5.41) is -0.0919. The molecule has 0 saturated carbocycles. The molecule has 2 aromatic carbocycles. The normalized spacial score (nSPS) is 17.9. The largest absolute Gasteiger partial charge is 0.308 e. The number of hydrogen-bond donors (Lipinski definition) is 0. The molecule has 1 heterocycles. The number of carbonyl (C=O) groups is 1. The maximum absolute atomic E-state index is 13.0. The van der Waals surface area contributed by atoms with Crippen LogP contribution in [0.3, 0.4) is 0 Å². The summed E-state index contributed by atoms with van der Waals surface area (Å²) < 4.78 is 0. The van der Waals surface area contributed by atoms with Gasteiger partial charge in [-0.2, -0.15) is 0 Å². The van der Waals surface area contributed by atoms with Gasteiger partial charge in [-0.3, -0.25) is 4.79 Å². The van der Waals surface area contributed by atoms with Crippen molar-refractivity contribution in [1.82, 2.24) is 0 Å². The third-order valence-corrected chi connectivity index (χ3v) is 5.66. The molecule has 2 aromatic rings. The lowest BCUT2D eigenvalue weighted by Gasteiger charge is -2.26. The van der Waals surface area contributed by atoms with Crippen LogP contribution >= 0.6 is 11.8 Å². The van der Waals surface area contributed by atoms with E-state index < -0.39 is 0 Å². The number of anilines is 1. The first kappa shape index (κ1) is 16.1. The predicted molar refractivity (Wildman–Crippen MR) is 98.3 cm³/mol. The number of rotatable bonds is 3. The molecule has 3 rings (SSSR count). The molecule has 0 fully saturated rings. The Kier molecular flexibility index (Phi) is 4.49. The molecule has 2 nitrogen and oxygen atoms in total. The summed E-state index contributed by atoms with van der Waals surface area (Å²) in [7, 11) is 0. The Hall–Kier alpha value is -1.74. The van der Waals surface area contributed by atoms with Crippen molar-refractivity contribution < 1.29 is 4.79 Å². The maximum atomic E-state index is 13.0. The van der Waals surface area contributed by atoms with E-state index in [-0.39, 0.29) is 17.2 Å². The third kappa shape index (κ3) is 3.16. The number of benzene rings is 2. The molecule has 1 amide bonds. The third-order valence-electron chi connectivity index (χ3n) is 4.58. The molecule has 0 radical (unpaired) electrons. The summed E-state index contributed by atoms with van der Waals surface area (Å²) in [6.45, 7) is 8.37. The van der Waals surface area contributed by atoms with Gasteiger partial charge in [-0.25, -0.2) is 0 Å². The minimum Gasteiger partial charge on any atom is -0.308 e. The van der Waals surface area contributed by atoms with Crippen LogP contribution in [-0.4, -0.2) is 17.2 Å².